The molecule has 0 aliphatic heterocycles. The summed E-state index contributed by atoms with van der Waals surface area (Å²) in [6, 6.07) is 0.808. The van der Waals surface area contributed by atoms with E-state index >= 15 is 0 Å². The Bertz CT molecular complexity index is 140. The van der Waals surface area contributed by atoms with Crippen molar-refractivity contribution in [2.45, 2.75) is 64.8 Å². The zero-order valence-electron chi connectivity index (χ0n) is 10.2. The third-order valence-electron chi connectivity index (χ3n) is 4.01. The average molecular weight is 197 g/mol. The Hall–Kier alpha value is -0.0400. The lowest BCUT2D eigenvalue weighted by Gasteiger charge is -2.31. The lowest BCUT2D eigenvalue weighted by molar-refractivity contribution is 0.243. The van der Waals surface area contributed by atoms with Crippen LogP contribution in [-0.4, -0.2) is 13.1 Å². The molecule has 1 aliphatic carbocycles. The quantitative estimate of drug-likeness (QED) is 0.710. The van der Waals surface area contributed by atoms with Gasteiger partial charge in [-0.05, 0) is 38.1 Å². The molecule has 1 heteroatoms. The van der Waals surface area contributed by atoms with E-state index in [1.54, 1.807) is 0 Å². The Morgan fingerprint density at radius 3 is 2.50 bits per heavy atom. The van der Waals surface area contributed by atoms with E-state index in [-0.39, 0.29) is 0 Å². The van der Waals surface area contributed by atoms with Crippen LogP contribution in [0.5, 0.6) is 0 Å². The third-order valence-corrected chi connectivity index (χ3v) is 4.01. The van der Waals surface area contributed by atoms with Gasteiger partial charge in [-0.3, -0.25) is 0 Å². The molecule has 0 saturated heterocycles. The standard InChI is InChI=1S/C13H27N/c1-4-11(5-2)9-12-7-6-8-13(10-12)14-3/h11-14H,4-10H2,1-3H3. The van der Waals surface area contributed by atoms with Gasteiger partial charge < -0.3 is 5.32 Å². The number of hydrogen-bond acceptors (Lipinski definition) is 1. The van der Waals surface area contributed by atoms with Gasteiger partial charge in [0.25, 0.3) is 0 Å². The minimum Gasteiger partial charge on any atom is -0.317 e. The fourth-order valence-electron chi connectivity index (χ4n) is 2.86. The lowest BCUT2D eigenvalue weighted by atomic mass is 9.79. The largest absolute Gasteiger partial charge is 0.317 e. The highest BCUT2D eigenvalue weighted by Crippen LogP contribution is 2.31. The van der Waals surface area contributed by atoms with Crippen LogP contribution in [0, 0.1) is 11.8 Å². The van der Waals surface area contributed by atoms with E-state index in [0.29, 0.717) is 0 Å². The lowest BCUT2D eigenvalue weighted by Crippen LogP contribution is -2.31. The minimum atomic E-state index is 0.808. The summed E-state index contributed by atoms with van der Waals surface area (Å²) in [6.07, 6.45) is 9.97. The van der Waals surface area contributed by atoms with E-state index < -0.39 is 0 Å². The summed E-state index contributed by atoms with van der Waals surface area (Å²) in [5, 5.41) is 3.44. The number of nitrogens with one attached hydrogen (secondary N) is 1. The Morgan fingerprint density at radius 2 is 1.93 bits per heavy atom. The summed E-state index contributed by atoms with van der Waals surface area (Å²) in [6.45, 7) is 4.68. The Labute approximate surface area is 89.7 Å². The van der Waals surface area contributed by atoms with Crippen molar-refractivity contribution in [3.05, 3.63) is 0 Å². The molecule has 0 aromatic rings. The van der Waals surface area contributed by atoms with Crippen LogP contribution in [0.3, 0.4) is 0 Å². The van der Waals surface area contributed by atoms with Gasteiger partial charge in [-0.2, -0.15) is 0 Å². The van der Waals surface area contributed by atoms with Crippen LogP contribution in [-0.2, 0) is 0 Å². The molecule has 1 saturated carbocycles. The molecule has 14 heavy (non-hydrogen) atoms. The van der Waals surface area contributed by atoms with Crippen LogP contribution in [0.25, 0.3) is 0 Å². The second kappa shape index (κ2) is 6.44. The van der Waals surface area contributed by atoms with Crippen molar-refractivity contribution in [3.63, 3.8) is 0 Å². The normalized spacial score (nSPS) is 28.3. The molecular formula is C13H27N. The number of hydrogen-bond donors (Lipinski definition) is 1. The fourth-order valence-corrected chi connectivity index (χ4v) is 2.86. The fraction of sp³-hybridized carbons (Fsp3) is 1.00. The molecular weight excluding hydrogens is 170 g/mol. The van der Waals surface area contributed by atoms with Crippen LogP contribution in [0.1, 0.15) is 58.8 Å². The van der Waals surface area contributed by atoms with Crippen molar-refractivity contribution in [2.75, 3.05) is 7.05 Å². The molecule has 0 radical (unpaired) electrons. The Balaban J connectivity index is 2.29. The van der Waals surface area contributed by atoms with E-state index in [4.69, 9.17) is 0 Å². The van der Waals surface area contributed by atoms with Crippen LogP contribution in [0.4, 0.5) is 0 Å². The molecule has 0 amide bonds. The highest BCUT2D eigenvalue weighted by molar-refractivity contribution is 4.78. The van der Waals surface area contributed by atoms with Crippen molar-refractivity contribution in [1.82, 2.24) is 5.32 Å². The van der Waals surface area contributed by atoms with Crippen molar-refractivity contribution in [2.24, 2.45) is 11.8 Å². The van der Waals surface area contributed by atoms with Gasteiger partial charge in [0.1, 0.15) is 0 Å². The molecule has 0 heterocycles. The minimum absolute atomic E-state index is 0.808. The molecule has 84 valence electrons. The smallest absolute Gasteiger partial charge is 0.00667 e. The van der Waals surface area contributed by atoms with Gasteiger partial charge in [-0.1, -0.05) is 39.5 Å². The first-order valence-electron chi connectivity index (χ1n) is 6.47. The maximum absolute atomic E-state index is 3.44. The monoisotopic (exact) mass is 197 g/mol. The van der Waals surface area contributed by atoms with E-state index in [1.165, 1.54) is 44.9 Å². The first-order valence-corrected chi connectivity index (χ1v) is 6.47. The topological polar surface area (TPSA) is 12.0 Å². The predicted molar refractivity (Wildman–Crippen MR) is 63.5 cm³/mol. The second-order valence-corrected chi connectivity index (χ2v) is 4.94. The second-order valence-electron chi connectivity index (χ2n) is 4.94. The predicted octanol–water partition coefficient (Wildman–Crippen LogP) is 3.59. The zero-order valence-corrected chi connectivity index (χ0v) is 10.2. The molecule has 1 nitrogen and oxygen atoms in total. The summed E-state index contributed by atoms with van der Waals surface area (Å²) < 4.78 is 0. The number of rotatable bonds is 5. The van der Waals surface area contributed by atoms with E-state index in [9.17, 15) is 0 Å². The molecule has 1 rings (SSSR count). The molecule has 2 unspecified atom stereocenters. The van der Waals surface area contributed by atoms with Gasteiger partial charge in [-0.15, -0.1) is 0 Å². The molecule has 1 aliphatic rings. The highest BCUT2D eigenvalue weighted by Gasteiger charge is 2.22. The van der Waals surface area contributed by atoms with E-state index in [1.807, 2.05) is 0 Å². The molecule has 2 atom stereocenters. The van der Waals surface area contributed by atoms with Crippen molar-refractivity contribution >= 4 is 0 Å². The molecule has 1 N–H and O–H groups in total. The highest BCUT2D eigenvalue weighted by atomic mass is 14.9. The molecule has 0 aromatic heterocycles. The zero-order chi connectivity index (χ0) is 10.4. The van der Waals surface area contributed by atoms with Gasteiger partial charge in [0, 0.05) is 6.04 Å². The van der Waals surface area contributed by atoms with Crippen LogP contribution < -0.4 is 5.32 Å². The molecule has 0 bridgehead atoms. The average Bonchev–Trinajstić information content (AvgIpc) is 2.26. The Kier molecular flexibility index (Phi) is 5.54. The van der Waals surface area contributed by atoms with E-state index in [2.05, 4.69) is 26.2 Å². The molecule has 1 fully saturated rings. The molecule has 0 aromatic carbocycles. The summed E-state index contributed by atoms with van der Waals surface area (Å²) >= 11 is 0. The maximum atomic E-state index is 3.44. The van der Waals surface area contributed by atoms with Gasteiger partial charge in [0.2, 0.25) is 0 Å². The van der Waals surface area contributed by atoms with Crippen LogP contribution in [0.15, 0.2) is 0 Å². The SMILES string of the molecule is CCC(CC)CC1CCCC(NC)C1. The summed E-state index contributed by atoms with van der Waals surface area (Å²) in [4.78, 5) is 0. The molecule has 0 spiro atoms. The van der Waals surface area contributed by atoms with Crippen molar-refractivity contribution < 1.29 is 0 Å². The van der Waals surface area contributed by atoms with Crippen molar-refractivity contribution in [3.8, 4) is 0 Å². The van der Waals surface area contributed by atoms with Gasteiger partial charge in [0.05, 0.1) is 0 Å². The van der Waals surface area contributed by atoms with Gasteiger partial charge in [-0.25, -0.2) is 0 Å². The van der Waals surface area contributed by atoms with E-state index in [0.717, 1.165) is 17.9 Å². The summed E-state index contributed by atoms with van der Waals surface area (Å²) in [5.74, 6) is 1.99. The van der Waals surface area contributed by atoms with Gasteiger partial charge in [0.15, 0.2) is 0 Å². The summed E-state index contributed by atoms with van der Waals surface area (Å²) in [7, 11) is 2.12. The van der Waals surface area contributed by atoms with Crippen LogP contribution >= 0.6 is 0 Å². The van der Waals surface area contributed by atoms with Gasteiger partial charge >= 0.3 is 0 Å². The summed E-state index contributed by atoms with van der Waals surface area (Å²) in [5.41, 5.74) is 0. The Morgan fingerprint density at radius 1 is 1.21 bits per heavy atom. The van der Waals surface area contributed by atoms with Crippen LogP contribution in [0.2, 0.25) is 0 Å². The first-order chi connectivity index (χ1) is 6.80. The third kappa shape index (κ3) is 3.61. The van der Waals surface area contributed by atoms with Crippen molar-refractivity contribution in [1.29, 1.82) is 0 Å². The maximum Gasteiger partial charge on any atom is 0.00667 e. The first kappa shape index (κ1) is 12.0.